The zero-order valence-corrected chi connectivity index (χ0v) is 60.4. The summed E-state index contributed by atoms with van der Waals surface area (Å²) in [5, 5.41) is -0.154. The van der Waals surface area contributed by atoms with Gasteiger partial charge in [0.1, 0.15) is 0 Å². The molecule has 0 N–H and O–H groups in total. The van der Waals surface area contributed by atoms with Crippen molar-refractivity contribution in [3.8, 4) is 95.5 Å². The summed E-state index contributed by atoms with van der Waals surface area (Å²) in [7, 11) is 0. The molecule has 0 saturated carbocycles. The minimum absolute atomic E-state index is 0.0150. The van der Waals surface area contributed by atoms with Crippen LogP contribution in [-0.4, -0.2) is 26.2 Å². The zero-order chi connectivity index (χ0) is 83.5. The van der Waals surface area contributed by atoms with Crippen LogP contribution in [0.25, 0.3) is 117 Å². The van der Waals surface area contributed by atoms with Crippen LogP contribution in [0.2, 0.25) is 0 Å². The van der Waals surface area contributed by atoms with Gasteiger partial charge in [-0.3, -0.25) is 0 Å². The average Bonchev–Trinajstić information content (AvgIpc) is 1.68. The predicted molar refractivity (Wildman–Crippen MR) is 448 cm³/mol. The van der Waals surface area contributed by atoms with E-state index in [1.165, 1.54) is 0 Å². The number of benzene rings is 14. The molecule has 4 heterocycles. The molecule has 7 heteroatoms. The normalized spacial score (nSPS) is 14.4. The second-order valence-electron chi connectivity index (χ2n) is 30.7. The van der Waals surface area contributed by atoms with Crippen molar-refractivity contribution < 1.29 is 17.8 Å². The van der Waals surface area contributed by atoms with Crippen LogP contribution in [0.3, 0.4) is 0 Å². The fraction of sp³-hybridized carbons (Fsp3) is 0.121. The van der Waals surface area contributed by atoms with Gasteiger partial charge in [-0.15, -0.1) is 0 Å². The Hall–Kier alpha value is -12.4. The van der Waals surface area contributed by atoms with Gasteiger partial charge in [-0.05, 0) is 161 Å². The van der Waals surface area contributed by atoms with Crippen LogP contribution >= 0.6 is 0 Å². The lowest BCUT2D eigenvalue weighted by atomic mass is 9.33. The number of nitrogens with zero attached hydrogens (tertiary/aromatic N) is 6. The van der Waals surface area contributed by atoms with E-state index in [9.17, 15) is 11.0 Å². The molecule has 0 amide bonds. The Kier molecular flexibility index (Phi) is 12.8. The molecule has 18 rings (SSSR count). The van der Waals surface area contributed by atoms with Gasteiger partial charge in [0, 0.05) is 67.0 Å². The van der Waals surface area contributed by atoms with Crippen molar-refractivity contribution in [2.24, 2.45) is 0 Å². The Morgan fingerprint density at radius 2 is 0.717 bits per heavy atom. The molecule has 0 atom stereocenters. The van der Waals surface area contributed by atoms with Crippen LogP contribution < -0.4 is 26.2 Å². The Morgan fingerprint density at radius 1 is 0.292 bits per heavy atom. The predicted octanol–water partition coefficient (Wildman–Crippen LogP) is 24.3. The van der Waals surface area contributed by atoms with Gasteiger partial charge in [-0.25, -0.2) is 15.0 Å². The molecule has 2 aromatic heterocycles. The van der Waals surface area contributed by atoms with E-state index in [1.54, 1.807) is 4.57 Å². The molecule has 510 valence electrons. The topological polar surface area (TPSA) is 50.1 Å². The minimum atomic E-state index is -0.763. The van der Waals surface area contributed by atoms with E-state index < -0.39 is 78.6 Å². The van der Waals surface area contributed by atoms with Gasteiger partial charge in [0.15, 0.2) is 17.5 Å². The monoisotopic (exact) mass is 1380 g/mol. The largest absolute Gasteiger partial charge is 0.311 e. The van der Waals surface area contributed by atoms with Crippen molar-refractivity contribution in [1.82, 2.24) is 19.5 Å². The van der Waals surface area contributed by atoms with Crippen molar-refractivity contribution >= 4 is 79.0 Å². The van der Waals surface area contributed by atoms with Gasteiger partial charge in [0.25, 0.3) is 6.71 Å². The van der Waals surface area contributed by atoms with Gasteiger partial charge in [-0.2, -0.15) is 0 Å². The maximum absolute atomic E-state index is 9.96. The Morgan fingerprint density at radius 3 is 1.27 bits per heavy atom. The van der Waals surface area contributed by atoms with E-state index in [2.05, 4.69) is 169 Å². The summed E-state index contributed by atoms with van der Waals surface area (Å²) in [6, 6.07) is 78.2. The van der Waals surface area contributed by atoms with E-state index in [0.29, 0.717) is 57.0 Å². The lowest BCUT2D eigenvalue weighted by Crippen LogP contribution is -2.61. The Balaban J connectivity index is 1.08. The molecule has 14 aromatic carbocycles. The number of aromatic nitrogens is 4. The van der Waals surface area contributed by atoms with Gasteiger partial charge in [0.2, 0.25) is 0 Å². The molecule has 0 bridgehead atoms. The van der Waals surface area contributed by atoms with Gasteiger partial charge >= 0.3 is 0 Å². The highest BCUT2D eigenvalue weighted by atomic mass is 15.2. The summed E-state index contributed by atoms with van der Waals surface area (Å²) in [5.74, 6) is 1.17. The SMILES string of the molecule is [2H]c1c([2H])c([2H])c(-c2ccc3c(c2)N(c2ccc(-c4ccccc4)cc2-c2ccccc2)c2cc(-c4cc(C(C)(C)C)cc(C(C)(C)C)c4)cc4c2B3c2ccc(-n3c5c([2H])c([2H])c([2H])c([2H])c5c5c([2H])c([2H])c([2H])c([2H])c53)cc2N4c2c(-c3ccccc3)cc(C(C)(C)C)cc2-c2nc(-c3ccccc3)nc(-c3ccccc3)n2)c([2H])c1[2H]. The number of hydrogen-bond acceptors (Lipinski definition) is 5. The lowest BCUT2D eigenvalue weighted by Gasteiger charge is -2.46. The molecule has 0 aliphatic carbocycles. The second-order valence-corrected chi connectivity index (χ2v) is 30.7. The molecule has 0 fully saturated rings. The first-order chi connectivity index (χ1) is 56.9. The first-order valence-electron chi connectivity index (χ1n) is 42.5. The van der Waals surface area contributed by atoms with Crippen molar-refractivity contribution in [3.63, 3.8) is 0 Å². The summed E-state index contributed by atoms with van der Waals surface area (Å²) in [5.41, 5.74) is 17.8. The molecule has 16 aromatic rings. The quantitative estimate of drug-likeness (QED) is 0.121. The van der Waals surface area contributed by atoms with E-state index in [0.717, 1.165) is 100 Å². The molecular weight excluding hydrogens is 1280 g/mol. The molecule has 0 saturated heterocycles. The van der Waals surface area contributed by atoms with E-state index in [1.807, 2.05) is 152 Å². The first-order valence-corrected chi connectivity index (χ1v) is 36.0. The van der Waals surface area contributed by atoms with E-state index in [-0.39, 0.29) is 50.3 Å². The third kappa shape index (κ3) is 11.6. The highest BCUT2D eigenvalue weighted by molar-refractivity contribution is 7.00. The summed E-state index contributed by atoms with van der Waals surface area (Å²) >= 11 is 0. The number of rotatable bonds is 11. The minimum Gasteiger partial charge on any atom is -0.311 e. The average molecular weight is 1380 g/mol. The first kappa shape index (κ1) is 52.5. The molecule has 6 nitrogen and oxygen atoms in total. The van der Waals surface area contributed by atoms with E-state index >= 15 is 0 Å². The standard InChI is InChI=1S/C99H81BN6/c1-97(2,3)74-54-72(55-75(60-74)98(4,5)6)73-58-90-92-91(59-73)106(93-81(67-38-22-13-23-39-67)61-76(99(7,8)9)62-82(93)96-102-94(68-40-24-14-25-41-68)101-95(103-96)69-42-26-15-27-43-69)89-63-77(104-85-46-30-28-44-78(85)79-45-29-31-47-86(79)104)50-52-84(89)100(92)83-51-48-71(65-34-18-11-19-35-65)57-88(83)105(90)87-53-49-70(64-32-16-10-17-33-64)56-80(87)66-36-20-12-21-37-66/h10-63H,1-9H3/i11D,18D,19D,28D,29D,30D,31D,34D,35D,44D,45D,46D,47D. The molecule has 0 radical (unpaired) electrons. The number of anilines is 6. The van der Waals surface area contributed by atoms with Crippen LogP contribution in [0.15, 0.2) is 327 Å². The highest BCUT2D eigenvalue weighted by Gasteiger charge is 2.46. The zero-order valence-electron chi connectivity index (χ0n) is 73.4. The fourth-order valence-electron chi connectivity index (χ4n) is 15.3. The van der Waals surface area contributed by atoms with E-state index in [4.69, 9.17) is 21.8 Å². The molecule has 0 unspecified atom stereocenters. The van der Waals surface area contributed by atoms with Gasteiger partial charge in [-0.1, -0.05) is 323 Å². The highest BCUT2D eigenvalue weighted by Crippen LogP contribution is 2.54. The van der Waals surface area contributed by atoms with Crippen molar-refractivity contribution in [2.45, 2.75) is 78.6 Å². The third-order valence-electron chi connectivity index (χ3n) is 20.8. The summed E-state index contributed by atoms with van der Waals surface area (Å²) in [4.78, 5) is 21.2. The molecular formula is C99H81BN6. The Labute approximate surface area is 641 Å². The van der Waals surface area contributed by atoms with Crippen molar-refractivity contribution in [1.29, 1.82) is 0 Å². The fourth-order valence-corrected chi connectivity index (χ4v) is 15.3. The van der Waals surface area contributed by atoms with Crippen LogP contribution in [-0.2, 0) is 16.2 Å². The van der Waals surface area contributed by atoms with Crippen molar-refractivity contribution in [2.75, 3.05) is 9.80 Å². The number of fused-ring (bicyclic) bond motifs is 7. The molecule has 2 aliphatic rings. The van der Waals surface area contributed by atoms with Crippen molar-refractivity contribution in [3.05, 3.63) is 344 Å². The maximum atomic E-state index is 9.96. The maximum Gasteiger partial charge on any atom is 0.252 e. The third-order valence-corrected chi connectivity index (χ3v) is 20.8. The number of hydrogen-bond donors (Lipinski definition) is 0. The molecule has 2 aliphatic heterocycles. The smallest absolute Gasteiger partial charge is 0.252 e. The van der Waals surface area contributed by atoms with Crippen LogP contribution in [0, 0.1) is 0 Å². The van der Waals surface area contributed by atoms with Crippen LogP contribution in [0.4, 0.5) is 34.1 Å². The second kappa shape index (κ2) is 25.8. The lowest BCUT2D eigenvalue weighted by molar-refractivity contribution is 0.569. The van der Waals surface area contributed by atoms with Crippen LogP contribution in [0.5, 0.6) is 0 Å². The Bertz CT molecular complexity index is 6710. The van der Waals surface area contributed by atoms with Crippen LogP contribution in [0.1, 0.15) is 96.8 Å². The summed E-state index contributed by atoms with van der Waals surface area (Å²) in [6.45, 7) is 19.1. The molecule has 106 heavy (non-hydrogen) atoms. The van der Waals surface area contributed by atoms with Gasteiger partial charge in [0.05, 0.1) is 40.2 Å². The van der Waals surface area contributed by atoms with Gasteiger partial charge < -0.3 is 14.4 Å². The summed E-state index contributed by atoms with van der Waals surface area (Å²) < 4.78 is 124. The molecule has 0 spiro atoms. The number of para-hydroxylation sites is 2. The summed E-state index contributed by atoms with van der Waals surface area (Å²) in [6.07, 6.45) is 0.